The van der Waals surface area contributed by atoms with Gasteiger partial charge in [0.25, 0.3) is 0 Å². The molecule has 0 bridgehead atoms. The first-order valence-electron chi connectivity index (χ1n) is 8.29. The van der Waals surface area contributed by atoms with E-state index in [1.165, 1.54) is 6.42 Å². The lowest BCUT2D eigenvalue weighted by Gasteiger charge is -2.53. The number of ether oxygens (including phenoxy) is 2. The molecule has 0 N–H and O–H groups in total. The van der Waals surface area contributed by atoms with Crippen molar-refractivity contribution in [3.05, 3.63) is 18.5 Å². The Bertz CT molecular complexity index is 476. The second-order valence-electron chi connectivity index (χ2n) is 6.72. The summed E-state index contributed by atoms with van der Waals surface area (Å²) in [6.45, 7) is 7.81. The molecule has 0 unspecified atom stereocenters. The van der Waals surface area contributed by atoms with Gasteiger partial charge in [-0.05, 0) is 24.8 Å². The highest BCUT2D eigenvalue weighted by molar-refractivity contribution is 5.36. The molecule has 0 radical (unpaired) electrons. The summed E-state index contributed by atoms with van der Waals surface area (Å²) in [5.41, 5.74) is 0.0563. The molecule has 0 saturated carbocycles. The Hall–Kier alpha value is -1.24. The molecular weight excluding hydrogens is 280 g/mol. The summed E-state index contributed by atoms with van der Waals surface area (Å²) in [5, 5.41) is 0. The van der Waals surface area contributed by atoms with Gasteiger partial charge < -0.3 is 14.4 Å². The molecule has 1 spiro atoms. The Morgan fingerprint density at radius 3 is 2.64 bits per heavy atom. The number of nitrogens with zero attached hydrogens (tertiary/aromatic N) is 4. The average molecular weight is 304 g/mol. The maximum absolute atomic E-state index is 6.25. The molecular formula is C16H24N4O2. The number of hydrogen-bond donors (Lipinski definition) is 0. The van der Waals surface area contributed by atoms with E-state index in [9.17, 15) is 0 Å². The lowest BCUT2D eigenvalue weighted by atomic mass is 9.83. The number of anilines is 1. The molecule has 3 aliphatic rings. The highest BCUT2D eigenvalue weighted by Gasteiger charge is 2.47. The Morgan fingerprint density at radius 2 is 1.95 bits per heavy atom. The zero-order chi connectivity index (χ0) is 14.8. The van der Waals surface area contributed by atoms with Crippen molar-refractivity contribution < 1.29 is 9.47 Å². The van der Waals surface area contributed by atoms with E-state index < -0.39 is 0 Å². The van der Waals surface area contributed by atoms with Gasteiger partial charge in [0.1, 0.15) is 5.60 Å². The van der Waals surface area contributed by atoms with Crippen molar-refractivity contribution in [2.24, 2.45) is 5.92 Å². The fraction of sp³-hybridized carbons (Fsp3) is 0.750. The minimum atomic E-state index is 0.0563. The molecule has 3 fully saturated rings. The van der Waals surface area contributed by atoms with Crippen molar-refractivity contribution in [1.29, 1.82) is 0 Å². The van der Waals surface area contributed by atoms with E-state index in [4.69, 9.17) is 9.47 Å². The second-order valence-corrected chi connectivity index (χ2v) is 6.72. The topological polar surface area (TPSA) is 50.7 Å². The van der Waals surface area contributed by atoms with Crippen LogP contribution in [0.3, 0.4) is 0 Å². The van der Waals surface area contributed by atoms with Crippen LogP contribution < -0.4 is 4.90 Å². The number of rotatable bonds is 3. The van der Waals surface area contributed by atoms with Crippen LogP contribution in [0.25, 0.3) is 0 Å². The summed E-state index contributed by atoms with van der Waals surface area (Å²) in [7, 11) is 0. The van der Waals surface area contributed by atoms with Gasteiger partial charge in [-0.1, -0.05) is 0 Å². The van der Waals surface area contributed by atoms with Crippen molar-refractivity contribution in [2.45, 2.75) is 18.4 Å². The molecule has 120 valence electrons. The number of hydrogen-bond acceptors (Lipinski definition) is 6. The van der Waals surface area contributed by atoms with E-state index in [1.54, 1.807) is 12.4 Å². The van der Waals surface area contributed by atoms with Gasteiger partial charge in [-0.2, -0.15) is 0 Å². The van der Waals surface area contributed by atoms with Crippen molar-refractivity contribution >= 4 is 5.95 Å². The van der Waals surface area contributed by atoms with Crippen LogP contribution in [-0.2, 0) is 9.47 Å². The van der Waals surface area contributed by atoms with E-state index in [-0.39, 0.29) is 5.60 Å². The van der Waals surface area contributed by atoms with Gasteiger partial charge in [-0.25, -0.2) is 9.97 Å². The summed E-state index contributed by atoms with van der Waals surface area (Å²) in [5.74, 6) is 1.50. The van der Waals surface area contributed by atoms with Crippen molar-refractivity contribution in [3.8, 4) is 0 Å². The van der Waals surface area contributed by atoms with Crippen LogP contribution in [0.2, 0.25) is 0 Å². The first-order valence-corrected chi connectivity index (χ1v) is 8.29. The molecule has 1 aromatic rings. The smallest absolute Gasteiger partial charge is 0.225 e. The molecule has 6 nitrogen and oxygen atoms in total. The first-order chi connectivity index (χ1) is 10.8. The Balaban J connectivity index is 1.25. The van der Waals surface area contributed by atoms with Crippen LogP contribution in [0.4, 0.5) is 5.95 Å². The third kappa shape index (κ3) is 2.95. The third-order valence-corrected chi connectivity index (χ3v) is 5.05. The Labute approximate surface area is 131 Å². The summed E-state index contributed by atoms with van der Waals surface area (Å²) in [6, 6.07) is 1.85. The van der Waals surface area contributed by atoms with E-state index in [0.717, 1.165) is 64.9 Å². The third-order valence-electron chi connectivity index (χ3n) is 5.05. The van der Waals surface area contributed by atoms with Crippen LogP contribution in [0.1, 0.15) is 12.8 Å². The maximum atomic E-state index is 6.25. The SMILES string of the molecule is c1cnc(N2CC3(CC[C@@H](CN4CCOCC4)CO3)C2)nc1. The van der Waals surface area contributed by atoms with E-state index in [1.807, 2.05) is 6.07 Å². The predicted molar refractivity (Wildman–Crippen MR) is 82.9 cm³/mol. The van der Waals surface area contributed by atoms with Crippen LogP contribution in [0, 0.1) is 5.92 Å². The zero-order valence-corrected chi connectivity index (χ0v) is 13.0. The molecule has 22 heavy (non-hydrogen) atoms. The molecule has 6 heteroatoms. The van der Waals surface area contributed by atoms with Gasteiger partial charge >= 0.3 is 0 Å². The minimum absolute atomic E-state index is 0.0563. The normalized spacial score (nSPS) is 28.5. The predicted octanol–water partition coefficient (Wildman–Crippen LogP) is 0.794. The molecule has 0 aromatic carbocycles. The van der Waals surface area contributed by atoms with E-state index >= 15 is 0 Å². The number of aromatic nitrogens is 2. The highest BCUT2D eigenvalue weighted by atomic mass is 16.5. The maximum Gasteiger partial charge on any atom is 0.225 e. The van der Waals surface area contributed by atoms with Gasteiger partial charge in [0, 0.05) is 32.0 Å². The lowest BCUT2D eigenvalue weighted by Crippen LogP contribution is -2.65. The van der Waals surface area contributed by atoms with Gasteiger partial charge in [-0.3, -0.25) is 4.90 Å². The quantitative estimate of drug-likeness (QED) is 0.823. The Morgan fingerprint density at radius 1 is 1.18 bits per heavy atom. The lowest BCUT2D eigenvalue weighted by molar-refractivity contribution is -0.121. The summed E-state index contributed by atoms with van der Waals surface area (Å²) in [4.78, 5) is 13.3. The molecule has 0 amide bonds. The van der Waals surface area contributed by atoms with Gasteiger partial charge in [-0.15, -0.1) is 0 Å². The van der Waals surface area contributed by atoms with Crippen LogP contribution in [0.15, 0.2) is 18.5 Å². The zero-order valence-electron chi connectivity index (χ0n) is 13.0. The van der Waals surface area contributed by atoms with Crippen LogP contribution in [-0.4, -0.2) is 73.0 Å². The first kappa shape index (κ1) is 14.4. The molecule has 1 atom stereocenters. The number of morpholine rings is 1. The second kappa shape index (κ2) is 6.10. The highest BCUT2D eigenvalue weighted by Crippen LogP contribution is 2.37. The fourth-order valence-electron chi connectivity index (χ4n) is 3.70. The minimum Gasteiger partial charge on any atom is -0.379 e. The molecule has 1 aromatic heterocycles. The molecule has 4 rings (SSSR count). The van der Waals surface area contributed by atoms with E-state index in [2.05, 4.69) is 19.8 Å². The largest absolute Gasteiger partial charge is 0.379 e. The fourth-order valence-corrected chi connectivity index (χ4v) is 3.70. The molecule has 3 aliphatic heterocycles. The van der Waals surface area contributed by atoms with E-state index in [0.29, 0.717) is 5.92 Å². The van der Waals surface area contributed by atoms with Gasteiger partial charge in [0.15, 0.2) is 0 Å². The summed E-state index contributed by atoms with van der Waals surface area (Å²) in [6.07, 6.45) is 6.02. The van der Waals surface area contributed by atoms with Gasteiger partial charge in [0.05, 0.1) is 32.9 Å². The Kier molecular flexibility index (Phi) is 3.98. The van der Waals surface area contributed by atoms with Crippen molar-refractivity contribution in [1.82, 2.24) is 14.9 Å². The molecule has 4 heterocycles. The van der Waals surface area contributed by atoms with Crippen molar-refractivity contribution in [2.75, 3.05) is 57.4 Å². The van der Waals surface area contributed by atoms with Crippen LogP contribution in [0.5, 0.6) is 0 Å². The molecule has 3 saturated heterocycles. The van der Waals surface area contributed by atoms with Crippen molar-refractivity contribution in [3.63, 3.8) is 0 Å². The standard InChI is InChI=1S/C16H24N4O2/c1-4-17-15(18-5-1)20-12-16(13-20)3-2-14(11-22-16)10-19-6-8-21-9-7-19/h1,4-5,14H,2-3,6-13H2/t14-/m0/s1. The summed E-state index contributed by atoms with van der Waals surface area (Å²) >= 11 is 0. The van der Waals surface area contributed by atoms with Crippen LogP contribution >= 0.6 is 0 Å². The average Bonchev–Trinajstić information content (AvgIpc) is 2.55. The monoisotopic (exact) mass is 304 g/mol. The molecule has 0 aliphatic carbocycles. The summed E-state index contributed by atoms with van der Waals surface area (Å²) < 4.78 is 11.7. The van der Waals surface area contributed by atoms with Gasteiger partial charge in [0.2, 0.25) is 5.95 Å².